The number of aromatic nitrogens is 1. The van der Waals surface area contributed by atoms with Gasteiger partial charge in [0.25, 0.3) is 5.91 Å². The van der Waals surface area contributed by atoms with E-state index in [-0.39, 0.29) is 42.5 Å². The lowest BCUT2D eigenvalue weighted by molar-refractivity contribution is -0.133. The number of likely N-dealkylation sites (tertiary alicyclic amines) is 2. The van der Waals surface area contributed by atoms with Gasteiger partial charge in [0.2, 0.25) is 5.91 Å². The SMILES string of the molecule is Cl.[2H]c1c(C(=O)N(CCCC)CC(=O)N2CCC(C3CCN(C)CC3)CC2)[nH]c2ccc(Cl)cc12. The number of aromatic amines is 1. The molecule has 1 aromatic heterocycles. The predicted molar refractivity (Wildman–Crippen MR) is 141 cm³/mol. The first kappa shape index (κ1) is 25.3. The second-order valence-corrected chi connectivity index (χ2v) is 10.2. The average molecular weight is 511 g/mol. The number of hydrogen-bond donors (Lipinski definition) is 1. The van der Waals surface area contributed by atoms with Gasteiger partial charge in [0.15, 0.2) is 0 Å². The fourth-order valence-corrected chi connectivity index (χ4v) is 5.45. The van der Waals surface area contributed by atoms with Crippen LogP contribution < -0.4 is 0 Å². The highest BCUT2D eigenvalue weighted by Gasteiger charge is 2.31. The van der Waals surface area contributed by atoms with Crippen molar-refractivity contribution in [2.24, 2.45) is 11.8 Å². The van der Waals surface area contributed by atoms with Gasteiger partial charge in [-0.3, -0.25) is 9.59 Å². The second-order valence-electron chi connectivity index (χ2n) is 9.75. The lowest BCUT2D eigenvalue weighted by atomic mass is 9.79. The molecule has 0 unspecified atom stereocenters. The van der Waals surface area contributed by atoms with Gasteiger partial charge >= 0.3 is 0 Å². The van der Waals surface area contributed by atoms with Gasteiger partial charge in [-0.25, -0.2) is 0 Å². The van der Waals surface area contributed by atoms with E-state index < -0.39 is 0 Å². The van der Waals surface area contributed by atoms with E-state index in [9.17, 15) is 9.59 Å². The highest BCUT2D eigenvalue weighted by atomic mass is 35.5. The van der Waals surface area contributed by atoms with Crippen molar-refractivity contribution in [3.05, 3.63) is 35.0 Å². The number of piperidine rings is 2. The van der Waals surface area contributed by atoms with Crippen molar-refractivity contribution in [1.29, 1.82) is 0 Å². The molecule has 0 saturated carbocycles. The largest absolute Gasteiger partial charge is 0.351 e. The van der Waals surface area contributed by atoms with Gasteiger partial charge in [-0.05, 0) is 88.3 Å². The third kappa shape index (κ3) is 6.46. The molecule has 0 spiro atoms. The Morgan fingerprint density at radius 3 is 2.44 bits per heavy atom. The van der Waals surface area contributed by atoms with Crippen molar-refractivity contribution in [2.75, 3.05) is 46.3 Å². The van der Waals surface area contributed by atoms with Crippen LogP contribution in [0.25, 0.3) is 10.9 Å². The number of fused-ring (bicyclic) bond motifs is 1. The van der Waals surface area contributed by atoms with E-state index in [0.29, 0.717) is 28.4 Å². The molecule has 2 fully saturated rings. The van der Waals surface area contributed by atoms with E-state index in [1.54, 1.807) is 23.1 Å². The van der Waals surface area contributed by atoms with Crippen molar-refractivity contribution in [3.8, 4) is 0 Å². The molecule has 0 bridgehead atoms. The van der Waals surface area contributed by atoms with Crippen LogP contribution in [0.1, 0.15) is 57.3 Å². The quantitative estimate of drug-likeness (QED) is 0.566. The molecule has 34 heavy (non-hydrogen) atoms. The van der Waals surface area contributed by atoms with E-state index in [1.165, 1.54) is 25.9 Å². The van der Waals surface area contributed by atoms with Gasteiger partial charge in [0, 0.05) is 35.6 Å². The summed E-state index contributed by atoms with van der Waals surface area (Å²) in [5.41, 5.74) is 0.928. The third-order valence-electron chi connectivity index (χ3n) is 7.43. The normalized spacial score (nSPS) is 18.6. The molecule has 2 aliphatic heterocycles. The molecule has 1 N–H and O–H groups in total. The number of hydrogen-bond acceptors (Lipinski definition) is 3. The van der Waals surface area contributed by atoms with E-state index in [4.69, 9.17) is 13.0 Å². The van der Waals surface area contributed by atoms with Crippen LogP contribution in [-0.2, 0) is 4.79 Å². The summed E-state index contributed by atoms with van der Waals surface area (Å²) in [7, 11) is 2.19. The average Bonchev–Trinajstić information content (AvgIpc) is 3.17. The van der Waals surface area contributed by atoms with Crippen LogP contribution >= 0.6 is 24.0 Å². The van der Waals surface area contributed by atoms with Crippen molar-refractivity contribution in [2.45, 2.75) is 45.4 Å². The number of nitrogens with zero attached hydrogens (tertiary/aromatic N) is 3. The number of nitrogens with one attached hydrogen (secondary N) is 1. The van der Waals surface area contributed by atoms with Crippen molar-refractivity contribution < 1.29 is 11.0 Å². The standard InChI is InChI=1S/C26H37ClN4O2.ClH/c1-3-4-11-31(26(33)24-17-21-16-22(27)5-6-23(21)28-24)18-25(32)30-14-9-20(10-15-30)19-7-12-29(2)13-8-19;/h5-6,16-17,19-20,28H,3-4,7-15,18H2,1-2H3;1H/i17D;. The zero-order chi connectivity index (χ0) is 24.2. The number of halogens is 2. The molecule has 0 radical (unpaired) electrons. The lowest BCUT2D eigenvalue weighted by Gasteiger charge is -2.39. The maximum Gasteiger partial charge on any atom is 0.270 e. The molecule has 2 aromatic rings. The van der Waals surface area contributed by atoms with Crippen molar-refractivity contribution in [3.63, 3.8) is 0 Å². The molecule has 0 atom stereocenters. The Kier molecular flexibility index (Phi) is 9.15. The van der Waals surface area contributed by atoms with Gasteiger partial charge < -0.3 is 19.7 Å². The summed E-state index contributed by atoms with van der Waals surface area (Å²) >= 11 is 6.09. The molecule has 188 valence electrons. The topological polar surface area (TPSA) is 59.7 Å². The van der Waals surface area contributed by atoms with Crippen LogP contribution in [0.3, 0.4) is 0 Å². The van der Waals surface area contributed by atoms with Gasteiger partial charge in [0.1, 0.15) is 12.2 Å². The van der Waals surface area contributed by atoms with E-state index in [1.807, 2.05) is 4.90 Å². The molecule has 2 aliphatic rings. The van der Waals surface area contributed by atoms with Crippen LogP contribution in [0.5, 0.6) is 0 Å². The Bertz CT molecular complexity index is 1010. The fraction of sp³-hybridized carbons (Fsp3) is 0.615. The van der Waals surface area contributed by atoms with E-state index in [2.05, 4.69) is 23.9 Å². The van der Waals surface area contributed by atoms with Gasteiger partial charge in [0.05, 0.1) is 1.37 Å². The number of amides is 2. The summed E-state index contributed by atoms with van der Waals surface area (Å²) < 4.78 is 8.49. The Hall–Kier alpha value is -1.76. The Morgan fingerprint density at radius 1 is 1.15 bits per heavy atom. The summed E-state index contributed by atoms with van der Waals surface area (Å²) in [6.45, 7) is 6.54. The number of H-pyrrole nitrogens is 1. The minimum atomic E-state index is -0.291. The molecule has 4 rings (SSSR count). The smallest absolute Gasteiger partial charge is 0.270 e. The zero-order valence-electron chi connectivity index (χ0n) is 21.3. The Labute approximate surface area is 215 Å². The number of carbonyl (C=O) groups excluding carboxylic acids is 2. The lowest BCUT2D eigenvalue weighted by Crippen LogP contribution is -2.47. The van der Waals surface area contributed by atoms with Crippen LogP contribution in [0.2, 0.25) is 5.02 Å². The first-order valence-corrected chi connectivity index (χ1v) is 12.8. The second kappa shape index (κ2) is 12.3. The van der Waals surface area contributed by atoms with Gasteiger partial charge in [-0.1, -0.05) is 24.9 Å². The van der Waals surface area contributed by atoms with Crippen LogP contribution in [-0.4, -0.2) is 77.8 Å². The summed E-state index contributed by atoms with van der Waals surface area (Å²) in [6.07, 6.45) is 6.39. The minimum Gasteiger partial charge on any atom is -0.351 e. The Balaban J connectivity index is 0.00000342. The van der Waals surface area contributed by atoms with Crippen LogP contribution in [0.4, 0.5) is 0 Å². The molecule has 3 heterocycles. The van der Waals surface area contributed by atoms with E-state index in [0.717, 1.165) is 44.7 Å². The monoisotopic (exact) mass is 509 g/mol. The predicted octanol–water partition coefficient (Wildman–Crippen LogP) is 5.07. The fourth-order valence-electron chi connectivity index (χ4n) is 5.28. The van der Waals surface area contributed by atoms with Crippen LogP contribution in [0.15, 0.2) is 24.2 Å². The summed E-state index contributed by atoms with van der Waals surface area (Å²) in [6, 6.07) is 5.35. The van der Waals surface area contributed by atoms with Crippen LogP contribution in [0, 0.1) is 11.8 Å². The first-order chi connectivity index (χ1) is 16.4. The summed E-state index contributed by atoms with van der Waals surface area (Å²) in [5, 5.41) is 1.15. The highest BCUT2D eigenvalue weighted by Crippen LogP contribution is 2.32. The van der Waals surface area contributed by atoms with E-state index >= 15 is 0 Å². The van der Waals surface area contributed by atoms with Crippen molar-refractivity contribution in [1.82, 2.24) is 19.7 Å². The summed E-state index contributed by atoms with van der Waals surface area (Å²) in [5.74, 6) is 1.21. The molecular weight excluding hydrogens is 471 g/mol. The molecule has 1 aromatic carbocycles. The minimum absolute atomic E-state index is 0. The van der Waals surface area contributed by atoms with Gasteiger partial charge in [-0.2, -0.15) is 0 Å². The highest BCUT2D eigenvalue weighted by molar-refractivity contribution is 6.31. The molecule has 2 amide bonds. The first-order valence-electron chi connectivity index (χ1n) is 12.9. The molecular formula is C26H38Cl2N4O2. The molecule has 0 aliphatic carbocycles. The number of unbranched alkanes of at least 4 members (excludes halogenated alkanes) is 1. The molecule has 8 heteroatoms. The molecule has 6 nitrogen and oxygen atoms in total. The zero-order valence-corrected chi connectivity index (χ0v) is 21.9. The van der Waals surface area contributed by atoms with Gasteiger partial charge in [-0.15, -0.1) is 12.4 Å². The molecule has 2 saturated heterocycles. The maximum atomic E-state index is 13.4. The number of benzene rings is 1. The number of carbonyl (C=O) groups is 2. The summed E-state index contributed by atoms with van der Waals surface area (Å²) in [4.78, 5) is 35.6. The third-order valence-corrected chi connectivity index (χ3v) is 7.67. The maximum absolute atomic E-state index is 13.4. The van der Waals surface area contributed by atoms with Crippen molar-refractivity contribution >= 4 is 46.7 Å². The Morgan fingerprint density at radius 2 is 1.79 bits per heavy atom. The number of rotatable bonds is 7.